The predicted molar refractivity (Wildman–Crippen MR) is 239 cm³/mol. The summed E-state index contributed by atoms with van der Waals surface area (Å²) in [5.41, 5.74) is 18.3. The van der Waals surface area contributed by atoms with Crippen LogP contribution in [0.1, 0.15) is 47.2 Å². The van der Waals surface area contributed by atoms with Crippen molar-refractivity contribution < 1.29 is 0 Å². The molecule has 1 nitrogen and oxygen atoms in total. The summed E-state index contributed by atoms with van der Waals surface area (Å²) in [6.45, 7) is 4.74. The lowest BCUT2D eigenvalue weighted by atomic mass is 9.66. The Morgan fingerprint density at radius 1 is 0.368 bits per heavy atom. The average Bonchev–Trinajstić information content (AvgIpc) is 3.71. The van der Waals surface area contributed by atoms with E-state index in [0.717, 1.165) is 17.1 Å². The third-order valence-corrected chi connectivity index (χ3v) is 12.7. The number of anilines is 3. The zero-order valence-corrected chi connectivity index (χ0v) is 32.2. The Labute approximate surface area is 335 Å². The van der Waals surface area contributed by atoms with E-state index in [-0.39, 0.29) is 5.41 Å². The maximum absolute atomic E-state index is 2.51. The monoisotopic (exact) mass is 727 g/mol. The van der Waals surface area contributed by atoms with Crippen molar-refractivity contribution in [1.82, 2.24) is 0 Å². The van der Waals surface area contributed by atoms with Crippen molar-refractivity contribution in [2.24, 2.45) is 0 Å². The third-order valence-electron chi connectivity index (χ3n) is 12.7. The molecule has 0 radical (unpaired) electrons. The Morgan fingerprint density at radius 3 is 1.61 bits per heavy atom. The SMILES string of the molecule is CC1(C)c2ccccc2-c2ccc(N(c3ccccc3)c3cc4c(c5ccccc35)C(c3ccccc3)(c3ccccc3)c3cccc(-c5ccccc5)c3-4)cc21. The van der Waals surface area contributed by atoms with Crippen LogP contribution in [0.15, 0.2) is 212 Å². The lowest BCUT2D eigenvalue weighted by molar-refractivity contribution is 0.660. The molecule has 57 heavy (non-hydrogen) atoms. The maximum Gasteiger partial charge on any atom is 0.0719 e. The van der Waals surface area contributed by atoms with Crippen LogP contribution in [0, 0.1) is 0 Å². The molecule has 270 valence electrons. The van der Waals surface area contributed by atoms with Gasteiger partial charge in [0.1, 0.15) is 0 Å². The third kappa shape index (κ3) is 4.82. The lowest BCUT2D eigenvalue weighted by Gasteiger charge is -2.35. The van der Waals surface area contributed by atoms with Crippen LogP contribution in [-0.2, 0) is 10.8 Å². The first-order chi connectivity index (χ1) is 28.1. The number of para-hydroxylation sites is 1. The number of nitrogens with zero attached hydrogens (tertiary/aromatic N) is 1. The molecule has 2 aliphatic rings. The van der Waals surface area contributed by atoms with E-state index in [2.05, 4.69) is 231 Å². The normalized spacial score (nSPS) is 14.1. The van der Waals surface area contributed by atoms with Crippen molar-refractivity contribution in [3.05, 3.63) is 246 Å². The van der Waals surface area contributed by atoms with E-state index >= 15 is 0 Å². The van der Waals surface area contributed by atoms with Gasteiger partial charge in [0, 0.05) is 22.2 Å². The topological polar surface area (TPSA) is 3.24 Å². The molecule has 0 N–H and O–H groups in total. The van der Waals surface area contributed by atoms with Gasteiger partial charge in [-0.25, -0.2) is 0 Å². The Balaban J connectivity index is 1.27. The number of benzene rings is 9. The zero-order chi connectivity index (χ0) is 38.1. The van der Waals surface area contributed by atoms with Crippen LogP contribution in [0.3, 0.4) is 0 Å². The van der Waals surface area contributed by atoms with E-state index in [0.29, 0.717) is 0 Å². The van der Waals surface area contributed by atoms with E-state index in [1.54, 1.807) is 0 Å². The van der Waals surface area contributed by atoms with Crippen LogP contribution in [0.5, 0.6) is 0 Å². The van der Waals surface area contributed by atoms with Crippen molar-refractivity contribution in [2.75, 3.05) is 4.90 Å². The zero-order valence-electron chi connectivity index (χ0n) is 32.2. The number of rotatable bonds is 6. The van der Waals surface area contributed by atoms with Gasteiger partial charge < -0.3 is 4.90 Å². The molecule has 0 bridgehead atoms. The van der Waals surface area contributed by atoms with Crippen molar-refractivity contribution in [2.45, 2.75) is 24.7 Å². The quantitative estimate of drug-likeness (QED) is 0.165. The molecule has 9 aromatic carbocycles. The molecular weight excluding hydrogens is 687 g/mol. The van der Waals surface area contributed by atoms with Crippen molar-refractivity contribution >= 4 is 27.8 Å². The fourth-order valence-electron chi connectivity index (χ4n) is 10.3. The van der Waals surface area contributed by atoms with Crippen molar-refractivity contribution in [3.63, 3.8) is 0 Å². The fraction of sp³-hybridized carbons (Fsp3) is 0.0714. The maximum atomic E-state index is 2.51. The number of hydrogen-bond acceptors (Lipinski definition) is 1. The minimum Gasteiger partial charge on any atom is -0.310 e. The highest BCUT2D eigenvalue weighted by Crippen LogP contribution is 2.62. The molecule has 1 heteroatoms. The van der Waals surface area contributed by atoms with E-state index in [9.17, 15) is 0 Å². The van der Waals surface area contributed by atoms with E-state index < -0.39 is 5.41 Å². The molecular formula is C56H41N. The van der Waals surface area contributed by atoms with Crippen LogP contribution in [0.25, 0.3) is 44.2 Å². The molecule has 0 unspecified atom stereocenters. The summed E-state index contributed by atoms with van der Waals surface area (Å²) in [4.78, 5) is 2.50. The van der Waals surface area contributed by atoms with Gasteiger partial charge in [0.2, 0.25) is 0 Å². The predicted octanol–water partition coefficient (Wildman–Crippen LogP) is 14.6. The van der Waals surface area contributed by atoms with Crippen LogP contribution in [-0.4, -0.2) is 0 Å². The van der Waals surface area contributed by atoms with Crippen molar-refractivity contribution in [1.29, 1.82) is 0 Å². The lowest BCUT2D eigenvalue weighted by Crippen LogP contribution is -2.29. The summed E-state index contributed by atoms with van der Waals surface area (Å²) in [5, 5.41) is 2.47. The van der Waals surface area contributed by atoms with Crippen LogP contribution < -0.4 is 4.90 Å². The highest BCUT2D eigenvalue weighted by molar-refractivity contribution is 6.10. The highest BCUT2D eigenvalue weighted by atomic mass is 15.1. The number of hydrogen-bond donors (Lipinski definition) is 0. The highest BCUT2D eigenvalue weighted by Gasteiger charge is 2.48. The summed E-state index contributed by atoms with van der Waals surface area (Å²) in [5.74, 6) is 0. The van der Waals surface area contributed by atoms with Gasteiger partial charge >= 0.3 is 0 Å². The van der Waals surface area contributed by atoms with Crippen LogP contribution in [0.2, 0.25) is 0 Å². The molecule has 0 aliphatic heterocycles. The average molecular weight is 728 g/mol. The summed E-state index contributed by atoms with van der Waals surface area (Å²) in [7, 11) is 0. The standard InChI is InChI=1S/C56H41N/c1-55(2)49-32-18-17-28-44(49)45-35-34-42(36-51(45)55)57(41-26-13-6-14-27-41)52-37-48-53-43(38-20-7-3-8-21-38)31-19-33-50(53)56(39-22-9-4-10-23-39,40-24-11-5-12-25-40)54(48)47-30-16-15-29-46(47)52/h3-37H,1-2H3. The van der Waals surface area contributed by atoms with Gasteiger partial charge in [-0.1, -0.05) is 196 Å². The summed E-state index contributed by atoms with van der Waals surface area (Å²) < 4.78 is 0. The minimum absolute atomic E-state index is 0.126. The molecule has 0 aromatic heterocycles. The van der Waals surface area contributed by atoms with Gasteiger partial charge in [-0.2, -0.15) is 0 Å². The Hall–Kier alpha value is -6.96. The molecule has 9 aromatic rings. The first-order valence-electron chi connectivity index (χ1n) is 20.0. The smallest absolute Gasteiger partial charge is 0.0719 e. The first-order valence-corrected chi connectivity index (χ1v) is 20.0. The second kappa shape index (κ2) is 12.8. The second-order valence-electron chi connectivity index (χ2n) is 16.0. The van der Waals surface area contributed by atoms with Gasteiger partial charge in [-0.15, -0.1) is 0 Å². The molecule has 0 spiro atoms. The minimum atomic E-state index is -0.558. The largest absolute Gasteiger partial charge is 0.310 e. The Morgan fingerprint density at radius 2 is 0.912 bits per heavy atom. The first kappa shape index (κ1) is 33.4. The van der Waals surface area contributed by atoms with Crippen LogP contribution >= 0.6 is 0 Å². The molecule has 0 atom stereocenters. The van der Waals surface area contributed by atoms with Crippen molar-refractivity contribution in [3.8, 4) is 33.4 Å². The summed E-state index contributed by atoms with van der Waals surface area (Å²) in [6, 6.07) is 78.8. The molecule has 0 heterocycles. The van der Waals surface area contributed by atoms with Crippen LogP contribution in [0.4, 0.5) is 17.1 Å². The molecule has 0 saturated carbocycles. The molecule has 0 amide bonds. The van der Waals surface area contributed by atoms with Gasteiger partial charge in [-0.05, 0) is 102 Å². The van der Waals surface area contributed by atoms with Gasteiger partial charge in [0.05, 0.1) is 11.1 Å². The molecule has 11 rings (SSSR count). The molecule has 2 aliphatic carbocycles. The van der Waals surface area contributed by atoms with E-state index in [1.807, 2.05) is 0 Å². The van der Waals surface area contributed by atoms with E-state index in [1.165, 1.54) is 77.5 Å². The molecule has 0 fully saturated rings. The Bertz CT molecular complexity index is 2920. The van der Waals surface area contributed by atoms with Gasteiger partial charge in [0.25, 0.3) is 0 Å². The fourth-order valence-corrected chi connectivity index (χ4v) is 10.3. The molecule has 0 saturated heterocycles. The van der Waals surface area contributed by atoms with E-state index in [4.69, 9.17) is 0 Å². The number of fused-ring (bicyclic) bond motifs is 8. The van der Waals surface area contributed by atoms with Gasteiger partial charge in [0.15, 0.2) is 0 Å². The van der Waals surface area contributed by atoms with Gasteiger partial charge in [-0.3, -0.25) is 0 Å². The summed E-state index contributed by atoms with van der Waals surface area (Å²) in [6.07, 6.45) is 0. The second-order valence-corrected chi connectivity index (χ2v) is 16.0. The Kier molecular flexibility index (Phi) is 7.50. The summed E-state index contributed by atoms with van der Waals surface area (Å²) >= 11 is 0.